The number of piperidine rings is 1. The lowest BCUT2D eigenvalue weighted by Crippen LogP contribution is -2.67. The molecule has 0 radical (unpaired) electrons. The summed E-state index contributed by atoms with van der Waals surface area (Å²) in [5.41, 5.74) is 1.64. The minimum atomic E-state index is -4.15. The van der Waals surface area contributed by atoms with Crippen LogP contribution in [0.5, 0.6) is 11.5 Å². The number of nitrogens with one attached hydrogen (secondary N) is 1. The third-order valence-corrected chi connectivity index (χ3v) is 17.4. The molecule has 2 aromatic heterocycles. The maximum atomic E-state index is 15.7. The fourth-order valence-electron chi connectivity index (χ4n) is 12.1. The Morgan fingerprint density at radius 1 is 0.892 bits per heavy atom. The zero-order valence-electron chi connectivity index (χ0n) is 35.9. The molecule has 3 saturated carbocycles. The van der Waals surface area contributed by atoms with E-state index in [0.717, 1.165) is 70.8 Å². The van der Waals surface area contributed by atoms with Crippen LogP contribution in [0.2, 0.25) is 0 Å². The van der Waals surface area contributed by atoms with Gasteiger partial charge in [0.2, 0.25) is 15.9 Å². The molecule has 65 heavy (non-hydrogen) atoms. The highest BCUT2D eigenvalue weighted by Gasteiger charge is 2.56. The lowest BCUT2D eigenvalue weighted by atomic mass is 9.57. The van der Waals surface area contributed by atoms with E-state index in [2.05, 4.69) is 25.2 Å². The molecule has 6 fully saturated rings. The van der Waals surface area contributed by atoms with Crippen molar-refractivity contribution >= 4 is 55.3 Å². The SMILES string of the molecule is Cn1nc(N2CCC(=O)NC2=O)c2cc(F)c(N3CC4(CC(N5CCC6(CC5)CC(n5cnc7ccc(Oc8c(F)ccc(C9(S(N)(=O)=O)CCCC9)c8C#N)cc7c5=O)C6)C4)C3)cc21. The Balaban J connectivity index is 0.712. The van der Waals surface area contributed by atoms with Gasteiger partial charge >= 0.3 is 6.03 Å². The first kappa shape index (κ1) is 41.7. The van der Waals surface area contributed by atoms with E-state index in [9.17, 15) is 28.1 Å². The van der Waals surface area contributed by atoms with E-state index in [1.165, 1.54) is 23.1 Å². The molecule has 3 aromatic carbocycles. The lowest BCUT2D eigenvalue weighted by Gasteiger charge is -2.63. The Kier molecular flexibility index (Phi) is 9.48. The average molecular weight is 907 g/mol. The van der Waals surface area contributed by atoms with Gasteiger partial charge in [-0.2, -0.15) is 10.4 Å². The molecule has 0 bridgehead atoms. The van der Waals surface area contributed by atoms with Gasteiger partial charge in [-0.05, 0) is 112 Å². The smallest absolute Gasteiger partial charge is 0.329 e. The second-order valence-corrected chi connectivity index (χ2v) is 21.3. The Labute approximate surface area is 373 Å². The molecular formula is C46H48F2N10O6S. The van der Waals surface area contributed by atoms with Crippen LogP contribution < -0.4 is 30.6 Å². The van der Waals surface area contributed by atoms with Crippen molar-refractivity contribution in [3.8, 4) is 17.6 Å². The molecule has 3 saturated heterocycles. The van der Waals surface area contributed by atoms with E-state index < -0.39 is 32.4 Å². The number of amides is 3. The number of carbonyl (C=O) groups is 2. The number of aryl methyl sites for hydroxylation is 1. The van der Waals surface area contributed by atoms with Crippen LogP contribution in [0, 0.1) is 33.8 Å². The summed E-state index contributed by atoms with van der Waals surface area (Å²) in [5, 5.41) is 23.5. The van der Waals surface area contributed by atoms with Crippen molar-refractivity contribution in [1.82, 2.24) is 29.5 Å². The number of nitriles is 1. The van der Waals surface area contributed by atoms with Crippen LogP contribution in [0.25, 0.3) is 21.8 Å². The zero-order chi connectivity index (χ0) is 45.2. The zero-order valence-corrected chi connectivity index (χ0v) is 36.7. The molecule has 3 amide bonds. The molecule has 5 heterocycles. The summed E-state index contributed by atoms with van der Waals surface area (Å²) in [4.78, 5) is 48.8. The summed E-state index contributed by atoms with van der Waals surface area (Å²) in [6, 6.07) is 12.2. The van der Waals surface area contributed by atoms with Crippen LogP contribution in [-0.2, 0) is 26.6 Å². The summed E-state index contributed by atoms with van der Waals surface area (Å²) in [7, 11) is -2.38. The standard InChI is InChI=1S/C46H48F2N10O6S/c1-54-37-18-38(35(48)17-31(37)41(53-54)57-13-8-39(59)52-43(57)61)56-24-45(25-56)19-27(20-45)55-14-11-44(12-15-55)21-28(22-44)58-26-51-36-7-4-29(16-30(36)42(58)60)64-40-32(23-49)33(5-6-34(40)47)46(65(50,62)63)9-2-3-10-46/h4-7,16-18,26-28H,2-3,8-15,19-22,24-25H2,1H3,(H2,50,62,63)(H,52,59,61). The number of fused-ring (bicyclic) bond motifs is 2. The Morgan fingerprint density at radius 3 is 2.31 bits per heavy atom. The quantitative estimate of drug-likeness (QED) is 0.190. The molecule has 19 heteroatoms. The van der Waals surface area contributed by atoms with E-state index >= 15 is 8.78 Å². The molecule has 5 aromatic rings. The molecule has 2 spiro atoms. The summed E-state index contributed by atoms with van der Waals surface area (Å²) < 4.78 is 64.6. The molecule has 338 valence electrons. The first-order valence-electron chi connectivity index (χ1n) is 22.3. The molecule has 16 nitrogen and oxygen atoms in total. The van der Waals surface area contributed by atoms with Crippen molar-refractivity contribution in [2.45, 2.75) is 87.5 Å². The number of hydrogen-bond acceptors (Lipinski definition) is 11. The molecule has 0 unspecified atom stereocenters. The molecule has 3 N–H and O–H groups in total. The van der Waals surface area contributed by atoms with E-state index in [-0.39, 0.29) is 76.8 Å². The van der Waals surface area contributed by atoms with Crippen molar-refractivity contribution in [3.05, 3.63) is 81.9 Å². The number of hydrogen-bond donors (Lipinski definition) is 2. The van der Waals surface area contributed by atoms with Crippen LogP contribution in [0.3, 0.4) is 0 Å². The number of sulfonamides is 1. The molecule has 0 atom stereocenters. The number of nitrogens with zero attached hydrogens (tertiary/aromatic N) is 8. The summed E-state index contributed by atoms with van der Waals surface area (Å²) >= 11 is 0. The van der Waals surface area contributed by atoms with Crippen LogP contribution in [0.15, 0.2) is 53.6 Å². The number of urea groups is 1. The Bertz CT molecular complexity index is 3060. The number of primary sulfonamides is 1. The van der Waals surface area contributed by atoms with Gasteiger partial charge in [0.05, 0.1) is 28.4 Å². The third kappa shape index (κ3) is 6.61. The van der Waals surface area contributed by atoms with Crippen LogP contribution in [0.1, 0.15) is 87.8 Å². The molecule has 3 aliphatic heterocycles. The number of aromatic nitrogens is 4. The van der Waals surface area contributed by atoms with Gasteiger partial charge in [0.25, 0.3) is 5.56 Å². The lowest BCUT2D eigenvalue weighted by molar-refractivity contribution is -0.120. The summed E-state index contributed by atoms with van der Waals surface area (Å²) in [6.45, 7) is 3.72. The van der Waals surface area contributed by atoms with E-state index in [1.807, 2.05) is 12.1 Å². The number of carbonyl (C=O) groups excluding carboxylic acids is 2. The number of halogens is 2. The first-order chi connectivity index (χ1) is 31.1. The number of nitrogens with two attached hydrogens (primary N) is 1. The highest BCUT2D eigenvalue weighted by Crippen LogP contribution is 2.57. The van der Waals surface area contributed by atoms with Crippen LogP contribution in [0.4, 0.5) is 25.1 Å². The van der Waals surface area contributed by atoms with Gasteiger partial charge in [0.15, 0.2) is 17.4 Å². The molecule has 3 aliphatic carbocycles. The normalized spacial score (nSPS) is 22.0. The van der Waals surface area contributed by atoms with Crippen molar-refractivity contribution < 1.29 is 31.5 Å². The summed E-state index contributed by atoms with van der Waals surface area (Å²) in [5.74, 6) is -1.52. The number of likely N-dealkylation sites (tertiary alicyclic amines) is 1. The maximum absolute atomic E-state index is 15.7. The summed E-state index contributed by atoms with van der Waals surface area (Å²) in [6.07, 6.45) is 9.31. The van der Waals surface area contributed by atoms with E-state index in [0.29, 0.717) is 52.2 Å². The first-order valence-corrected chi connectivity index (χ1v) is 23.8. The van der Waals surface area contributed by atoms with E-state index in [1.54, 1.807) is 34.8 Å². The topological polar surface area (TPSA) is 202 Å². The molecule has 6 aliphatic rings. The van der Waals surface area contributed by atoms with Gasteiger partial charge in [-0.15, -0.1) is 0 Å². The monoisotopic (exact) mass is 906 g/mol. The van der Waals surface area contributed by atoms with Crippen LogP contribution in [-0.4, -0.2) is 83.4 Å². The van der Waals surface area contributed by atoms with Gasteiger partial charge in [-0.3, -0.25) is 29.1 Å². The number of benzene rings is 3. The maximum Gasteiger partial charge on any atom is 0.329 e. The minimum Gasteiger partial charge on any atom is -0.453 e. The van der Waals surface area contributed by atoms with Gasteiger partial charge in [0.1, 0.15) is 27.9 Å². The highest BCUT2D eigenvalue weighted by molar-refractivity contribution is 7.90. The minimum absolute atomic E-state index is 0.0175. The molecular weight excluding hydrogens is 859 g/mol. The fraction of sp³-hybridized carbons (Fsp3) is 0.478. The number of imide groups is 1. The molecule has 11 rings (SSSR count). The van der Waals surface area contributed by atoms with Crippen molar-refractivity contribution in [2.24, 2.45) is 23.0 Å². The fourth-order valence-corrected chi connectivity index (χ4v) is 13.4. The average Bonchev–Trinajstić information content (AvgIpc) is 3.86. The van der Waals surface area contributed by atoms with Gasteiger partial charge in [-0.1, -0.05) is 18.9 Å². The predicted molar refractivity (Wildman–Crippen MR) is 236 cm³/mol. The second-order valence-electron chi connectivity index (χ2n) is 19.4. The third-order valence-electron chi connectivity index (χ3n) is 15.7. The van der Waals surface area contributed by atoms with Crippen molar-refractivity contribution in [2.75, 3.05) is 42.5 Å². The van der Waals surface area contributed by atoms with Crippen molar-refractivity contribution in [1.29, 1.82) is 5.26 Å². The second kappa shape index (κ2) is 14.8. The van der Waals surface area contributed by atoms with Crippen LogP contribution >= 0.6 is 0 Å². The van der Waals surface area contributed by atoms with Gasteiger partial charge < -0.3 is 14.5 Å². The predicted octanol–water partition coefficient (Wildman–Crippen LogP) is 5.82. The highest BCUT2D eigenvalue weighted by atomic mass is 32.2. The number of rotatable bonds is 8. The van der Waals surface area contributed by atoms with Crippen molar-refractivity contribution in [3.63, 3.8) is 0 Å². The Morgan fingerprint density at radius 2 is 1.62 bits per heavy atom. The Hall–Kier alpha value is -5.97. The number of anilines is 2. The van der Waals surface area contributed by atoms with E-state index in [4.69, 9.17) is 9.88 Å². The number of ether oxygens (including phenoxy) is 1. The largest absolute Gasteiger partial charge is 0.453 e. The van der Waals surface area contributed by atoms with Gasteiger partial charge in [0, 0.05) is 56.0 Å². The van der Waals surface area contributed by atoms with Gasteiger partial charge in [-0.25, -0.2) is 32.1 Å².